The van der Waals surface area contributed by atoms with E-state index in [1.807, 2.05) is 6.07 Å². The second-order valence-electron chi connectivity index (χ2n) is 5.43. The maximum Gasteiger partial charge on any atom is 0.283 e. The van der Waals surface area contributed by atoms with Gasteiger partial charge in [0.1, 0.15) is 12.4 Å². The van der Waals surface area contributed by atoms with E-state index in [0.717, 1.165) is 5.56 Å². The number of fused-ring (bicyclic) bond motifs is 1. The zero-order chi connectivity index (χ0) is 17.6. The number of para-hydroxylation sites is 2. The summed E-state index contributed by atoms with van der Waals surface area (Å²) in [5.41, 5.74) is 5.54. The summed E-state index contributed by atoms with van der Waals surface area (Å²) in [6.07, 6.45) is -0.689. The molecule has 2 aromatic carbocycles. The number of rotatable bonds is 4. The van der Waals surface area contributed by atoms with Crippen LogP contribution in [-0.2, 0) is 16.0 Å². The third kappa shape index (κ3) is 4.20. The van der Waals surface area contributed by atoms with Crippen molar-refractivity contribution in [2.24, 2.45) is 0 Å². The van der Waals surface area contributed by atoms with Crippen LogP contribution in [0.3, 0.4) is 0 Å². The highest BCUT2D eigenvalue weighted by Gasteiger charge is 2.27. The van der Waals surface area contributed by atoms with Crippen molar-refractivity contribution in [1.29, 1.82) is 0 Å². The summed E-state index contributed by atoms with van der Waals surface area (Å²) in [6.45, 7) is 0.0806. The van der Waals surface area contributed by atoms with Gasteiger partial charge in [0.2, 0.25) is 12.0 Å². The molecule has 2 aromatic rings. The minimum absolute atomic E-state index is 0.0806. The monoisotopic (exact) mass is 342 g/mol. The number of benzene rings is 2. The SMILES string of the molecule is COc1ccc(CC(=O)NNC(=O)[C@@H]2COc3ccccc3O2)cc1. The highest BCUT2D eigenvalue weighted by molar-refractivity contribution is 5.86. The number of hydrazine groups is 1. The fraction of sp³-hybridized carbons (Fsp3) is 0.222. The predicted octanol–water partition coefficient (Wildman–Crippen LogP) is 1.23. The molecule has 0 saturated heterocycles. The van der Waals surface area contributed by atoms with Gasteiger partial charge in [-0.15, -0.1) is 0 Å². The van der Waals surface area contributed by atoms with E-state index in [4.69, 9.17) is 14.2 Å². The Morgan fingerprint density at radius 2 is 1.80 bits per heavy atom. The van der Waals surface area contributed by atoms with Crippen LogP contribution in [0, 0.1) is 0 Å². The van der Waals surface area contributed by atoms with E-state index in [1.54, 1.807) is 49.6 Å². The van der Waals surface area contributed by atoms with Crippen molar-refractivity contribution < 1.29 is 23.8 Å². The Labute approximate surface area is 144 Å². The zero-order valence-electron chi connectivity index (χ0n) is 13.7. The lowest BCUT2D eigenvalue weighted by molar-refractivity contribution is -0.134. The van der Waals surface area contributed by atoms with Crippen LogP contribution in [0.2, 0.25) is 0 Å². The summed E-state index contributed by atoms with van der Waals surface area (Å²) < 4.78 is 16.1. The van der Waals surface area contributed by atoms with Gasteiger partial charge in [-0.3, -0.25) is 20.4 Å². The van der Waals surface area contributed by atoms with Crippen LogP contribution in [-0.4, -0.2) is 31.6 Å². The summed E-state index contributed by atoms with van der Waals surface area (Å²) in [5.74, 6) is 0.994. The van der Waals surface area contributed by atoms with Crippen molar-refractivity contribution in [1.82, 2.24) is 10.9 Å². The summed E-state index contributed by atoms with van der Waals surface area (Å²) in [5, 5.41) is 0. The van der Waals surface area contributed by atoms with E-state index in [1.165, 1.54) is 0 Å². The van der Waals surface area contributed by atoms with Gasteiger partial charge in [0, 0.05) is 0 Å². The van der Waals surface area contributed by atoms with E-state index in [2.05, 4.69) is 10.9 Å². The van der Waals surface area contributed by atoms with E-state index >= 15 is 0 Å². The van der Waals surface area contributed by atoms with Crippen LogP contribution in [0.1, 0.15) is 5.56 Å². The third-order valence-electron chi connectivity index (χ3n) is 3.65. The second-order valence-corrected chi connectivity index (χ2v) is 5.43. The van der Waals surface area contributed by atoms with Gasteiger partial charge >= 0.3 is 0 Å². The van der Waals surface area contributed by atoms with E-state index in [9.17, 15) is 9.59 Å². The lowest BCUT2D eigenvalue weighted by atomic mass is 10.1. The molecule has 0 bridgehead atoms. The van der Waals surface area contributed by atoms with Gasteiger partial charge in [-0.2, -0.15) is 0 Å². The number of carbonyl (C=O) groups is 2. The summed E-state index contributed by atoms with van der Waals surface area (Å²) in [7, 11) is 1.58. The molecule has 0 fully saturated rings. The van der Waals surface area contributed by atoms with Gasteiger partial charge in [-0.25, -0.2) is 0 Å². The molecule has 1 aliphatic heterocycles. The molecule has 0 aromatic heterocycles. The van der Waals surface area contributed by atoms with Gasteiger partial charge in [0.25, 0.3) is 5.91 Å². The quantitative estimate of drug-likeness (QED) is 0.816. The van der Waals surface area contributed by atoms with Crippen molar-refractivity contribution in [2.75, 3.05) is 13.7 Å². The minimum atomic E-state index is -0.823. The summed E-state index contributed by atoms with van der Waals surface area (Å²) in [6, 6.07) is 14.2. The molecular formula is C18H18N2O5. The fourth-order valence-electron chi connectivity index (χ4n) is 2.33. The molecule has 1 aliphatic rings. The Morgan fingerprint density at radius 3 is 2.52 bits per heavy atom. The molecule has 0 saturated carbocycles. The maximum atomic E-state index is 12.1. The number of ether oxygens (including phenoxy) is 3. The highest BCUT2D eigenvalue weighted by atomic mass is 16.6. The van der Waals surface area contributed by atoms with Gasteiger partial charge < -0.3 is 14.2 Å². The van der Waals surface area contributed by atoms with Gasteiger partial charge in [0.05, 0.1) is 13.5 Å². The molecule has 7 nitrogen and oxygen atoms in total. The van der Waals surface area contributed by atoms with Crippen molar-refractivity contribution in [3.8, 4) is 17.2 Å². The average Bonchev–Trinajstić information content (AvgIpc) is 2.66. The zero-order valence-corrected chi connectivity index (χ0v) is 13.7. The Balaban J connectivity index is 1.48. The Morgan fingerprint density at radius 1 is 1.08 bits per heavy atom. The van der Waals surface area contributed by atoms with E-state index in [-0.39, 0.29) is 18.9 Å². The Kier molecular flexibility index (Phi) is 5.03. The molecule has 1 heterocycles. The largest absolute Gasteiger partial charge is 0.497 e. The number of hydrogen-bond acceptors (Lipinski definition) is 5. The maximum absolute atomic E-state index is 12.1. The average molecular weight is 342 g/mol. The van der Waals surface area contributed by atoms with Gasteiger partial charge in [-0.1, -0.05) is 24.3 Å². The molecule has 0 radical (unpaired) electrons. The first-order chi connectivity index (χ1) is 12.2. The first-order valence-electron chi connectivity index (χ1n) is 7.76. The Hall–Kier alpha value is -3.22. The van der Waals surface area contributed by atoms with Crippen LogP contribution in [0.4, 0.5) is 0 Å². The minimum Gasteiger partial charge on any atom is -0.497 e. The second kappa shape index (κ2) is 7.57. The molecule has 0 spiro atoms. The lowest BCUT2D eigenvalue weighted by Gasteiger charge is -2.25. The van der Waals surface area contributed by atoms with Crippen molar-refractivity contribution in [3.63, 3.8) is 0 Å². The molecule has 3 rings (SSSR count). The molecular weight excluding hydrogens is 324 g/mol. The molecule has 1 atom stereocenters. The number of carbonyl (C=O) groups excluding carboxylic acids is 2. The van der Waals surface area contributed by atoms with Crippen molar-refractivity contribution in [3.05, 3.63) is 54.1 Å². The standard InChI is InChI=1S/C18H18N2O5/c1-23-13-8-6-12(7-9-13)10-17(21)19-20-18(22)16-11-24-14-4-2-3-5-15(14)25-16/h2-9,16H,10-11H2,1H3,(H,19,21)(H,20,22)/t16-/m0/s1. The van der Waals surface area contributed by atoms with Crippen LogP contribution in [0.15, 0.2) is 48.5 Å². The van der Waals surface area contributed by atoms with Gasteiger partial charge in [0.15, 0.2) is 11.5 Å². The lowest BCUT2D eigenvalue weighted by Crippen LogP contribution is -2.51. The topological polar surface area (TPSA) is 85.9 Å². The van der Waals surface area contributed by atoms with Gasteiger partial charge in [-0.05, 0) is 29.8 Å². The third-order valence-corrected chi connectivity index (χ3v) is 3.65. The van der Waals surface area contributed by atoms with E-state index < -0.39 is 12.0 Å². The summed E-state index contributed by atoms with van der Waals surface area (Å²) in [4.78, 5) is 24.0. The number of nitrogens with one attached hydrogen (secondary N) is 2. The van der Waals surface area contributed by atoms with Crippen LogP contribution < -0.4 is 25.1 Å². The fourth-order valence-corrected chi connectivity index (χ4v) is 2.33. The Bertz CT molecular complexity index is 760. The molecule has 2 amide bonds. The number of hydrogen-bond donors (Lipinski definition) is 2. The normalized spacial score (nSPS) is 15.2. The van der Waals surface area contributed by atoms with Crippen molar-refractivity contribution >= 4 is 11.8 Å². The smallest absolute Gasteiger partial charge is 0.283 e. The molecule has 130 valence electrons. The molecule has 7 heteroatoms. The first-order valence-corrected chi connectivity index (χ1v) is 7.76. The number of methoxy groups -OCH3 is 1. The number of amides is 2. The first kappa shape index (κ1) is 16.6. The van der Waals surface area contributed by atoms with Crippen LogP contribution in [0.5, 0.6) is 17.2 Å². The molecule has 2 N–H and O–H groups in total. The van der Waals surface area contributed by atoms with Crippen molar-refractivity contribution in [2.45, 2.75) is 12.5 Å². The van der Waals surface area contributed by atoms with E-state index in [0.29, 0.717) is 17.2 Å². The molecule has 0 unspecified atom stereocenters. The molecule has 0 aliphatic carbocycles. The predicted molar refractivity (Wildman–Crippen MR) is 89.3 cm³/mol. The summed E-state index contributed by atoms with van der Waals surface area (Å²) >= 11 is 0. The van der Waals surface area contributed by atoms with Crippen LogP contribution >= 0.6 is 0 Å². The van der Waals surface area contributed by atoms with Crippen LogP contribution in [0.25, 0.3) is 0 Å². The highest BCUT2D eigenvalue weighted by Crippen LogP contribution is 2.30. The molecule has 25 heavy (non-hydrogen) atoms.